The molecule has 1 aliphatic rings. The number of nitrogens with zero attached hydrogens (tertiary/aromatic N) is 8. The van der Waals surface area contributed by atoms with Gasteiger partial charge in [-0.1, -0.05) is 18.2 Å². The van der Waals surface area contributed by atoms with E-state index < -0.39 is 0 Å². The zero-order valence-corrected chi connectivity index (χ0v) is 23.6. The third-order valence-electron chi connectivity index (χ3n) is 7.08. The largest absolute Gasteiger partial charge is 0.454 e. The Morgan fingerprint density at radius 2 is 1.95 bits per heavy atom. The van der Waals surface area contributed by atoms with Gasteiger partial charge in [0.2, 0.25) is 5.91 Å². The number of aromatic nitrogens is 6. The van der Waals surface area contributed by atoms with Crippen LogP contribution in [-0.2, 0) is 11.8 Å². The quantitative estimate of drug-likeness (QED) is 0.279. The van der Waals surface area contributed by atoms with E-state index in [2.05, 4.69) is 36.7 Å². The lowest BCUT2D eigenvalue weighted by Gasteiger charge is -2.47. The van der Waals surface area contributed by atoms with E-state index in [9.17, 15) is 4.79 Å². The van der Waals surface area contributed by atoms with E-state index >= 15 is 0 Å². The molecular weight excluding hydrogens is 542 g/mol. The van der Waals surface area contributed by atoms with Crippen LogP contribution in [0.15, 0.2) is 67.9 Å². The number of pyridine rings is 2. The second-order valence-electron chi connectivity index (χ2n) is 10.4. The van der Waals surface area contributed by atoms with Gasteiger partial charge in [0.1, 0.15) is 34.7 Å². The maximum Gasteiger partial charge on any atom is 0.246 e. The molecule has 6 rings (SSSR count). The zero-order valence-electron chi connectivity index (χ0n) is 22.9. The average Bonchev–Trinajstić information content (AvgIpc) is 3.33. The number of fused-ring (bicyclic) bond motifs is 2. The molecule has 11 nitrogen and oxygen atoms in total. The smallest absolute Gasteiger partial charge is 0.246 e. The Bertz CT molecular complexity index is 1800. The predicted octanol–water partition coefficient (Wildman–Crippen LogP) is 5.11. The van der Waals surface area contributed by atoms with Crippen LogP contribution in [0.25, 0.3) is 22.2 Å². The Morgan fingerprint density at radius 1 is 1.10 bits per heavy atom. The maximum absolute atomic E-state index is 12.3. The first-order valence-electron chi connectivity index (χ1n) is 13.0. The molecule has 4 aromatic heterocycles. The van der Waals surface area contributed by atoms with Crippen LogP contribution in [0.1, 0.15) is 13.8 Å². The molecule has 5 heterocycles. The van der Waals surface area contributed by atoms with E-state index in [1.807, 2.05) is 54.6 Å². The molecule has 0 atom stereocenters. The number of rotatable bonds is 6. The summed E-state index contributed by atoms with van der Waals surface area (Å²) in [5.74, 6) is 2.29. The highest BCUT2D eigenvalue weighted by Gasteiger charge is 2.36. The van der Waals surface area contributed by atoms with E-state index in [1.54, 1.807) is 24.7 Å². The first kappa shape index (κ1) is 26.5. The number of amides is 1. The van der Waals surface area contributed by atoms with E-state index in [-0.39, 0.29) is 11.4 Å². The molecule has 5 aromatic rings. The monoisotopic (exact) mass is 569 g/mol. The molecule has 208 valence electrons. The Hall–Kier alpha value is -4.77. The minimum Gasteiger partial charge on any atom is -0.454 e. The minimum absolute atomic E-state index is 0.0676. The summed E-state index contributed by atoms with van der Waals surface area (Å²) in [6.45, 7) is 9.58. The van der Waals surface area contributed by atoms with Crippen LogP contribution in [0.4, 0.5) is 17.3 Å². The highest BCUT2D eigenvalue weighted by molar-refractivity contribution is 6.32. The van der Waals surface area contributed by atoms with Gasteiger partial charge in [-0.25, -0.2) is 24.9 Å². The Morgan fingerprint density at radius 3 is 2.73 bits per heavy atom. The van der Waals surface area contributed by atoms with Gasteiger partial charge >= 0.3 is 0 Å². The first-order valence-corrected chi connectivity index (χ1v) is 13.4. The molecule has 0 saturated carbocycles. The lowest BCUT2D eigenvalue weighted by Crippen LogP contribution is -2.61. The zero-order chi connectivity index (χ0) is 28.7. The van der Waals surface area contributed by atoms with Crippen molar-refractivity contribution in [1.82, 2.24) is 34.4 Å². The van der Waals surface area contributed by atoms with Gasteiger partial charge < -0.3 is 24.4 Å². The molecule has 1 aliphatic heterocycles. The molecule has 0 spiro atoms. The summed E-state index contributed by atoms with van der Waals surface area (Å²) < 4.78 is 7.83. The van der Waals surface area contributed by atoms with Crippen LogP contribution in [0, 0.1) is 0 Å². The Balaban J connectivity index is 1.23. The van der Waals surface area contributed by atoms with Crippen LogP contribution in [0.2, 0.25) is 5.02 Å². The normalized spacial score (nSPS) is 14.8. The van der Waals surface area contributed by atoms with Gasteiger partial charge in [-0.15, -0.1) is 0 Å². The van der Waals surface area contributed by atoms with Gasteiger partial charge in [-0.05, 0) is 50.3 Å². The molecule has 1 aromatic carbocycles. The number of piperazine rings is 1. The van der Waals surface area contributed by atoms with Crippen LogP contribution in [0.5, 0.6) is 11.5 Å². The molecule has 1 saturated heterocycles. The van der Waals surface area contributed by atoms with Gasteiger partial charge in [-0.2, -0.15) is 0 Å². The number of nitrogens with one attached hydrogen (secondary N) is 1. The molecule has 1 fully saturated rings. The van der Waals surface area contributed by atoms with Gasteiger partial charge in [-0.3, -0.25) is 4.79 Å². The highest BCUT2D eigenvalue weighted by atomic mass is 35.5. The summed E-state index contributed by atoms with van der Waals surface area (Å²) in [5.41, 5.74) is 3.16. The number of ether oxygens (including phenoxy) is 1. The van der Waals surface area contributed by atoms with Crippen molar-refractivity contribution in [1.29, 1.82) is 0 Å². The summed E-state index contributed by atoms with van der Waals surface area (Å²) >= 11 is 6.59. The molecule has 0 radical (unpaired) electrons. The van der Waals surface area contributed by atoms with Crippen molar-refractivity contribution in [2.75, 3.05) is 29.9 Å². The van der Waals surface area contributed by atoms with Crippen LogP contribution in [-0.4, -0.2) is 65.5 Å². The molecule has 12 heteroatoms. The van der Waals surface area contributed by atoms with Crippen LogP contribution >= 0.6 is 11.6 Å². The topological polar surface area (TPSA) is 114 Å². The van der Waals surface area contributed by atoms with Crippen molar-refractivity contribution < 1.29 is 9.53 Å². The van der Waals surface area contributed by atoms with Gasteiger partial charge in [0.15, 0.2) is 11.5 Å². The van der Waals surface area contributed by atoms with Crippen LogP contribution in [0.3, 0.4) is 0 Å². The SMILES string of the molecule is C=CC(=O)N1CCN(c2ccc3ncnc(Nc4ccc(Oc5cnc6c(c5)ncn6C)c(Cl)c4)c3n2)CC1(C)C. The lowest BCUT2D eigenvalue weighted by atomic mass is 9.98. The average molecular weight is 570 g/mol. The maximum atomic E-state index is 12.3. The summed E-state index contributed by atoms with van der Waals surface area (Å²) in [6, 6.07) is 11.1. The number of anilines is 3. The molecule has 41 heavy (non-hydrogen) atoms. The fourth-order valence-electron chi connectivity index (χ4n) is 5.05. The van der Waals surface area contributed by atoms with Crippen molar-refractivity contribution in [3.63, 3.8) is 0 Å². The number of hydrogen-bond donors (Lipinski definition) is 1. The highest BCUT2D eigenvalue weighted by Crippen LogP contribution is 2.34. The third-order valence-corrected chi connectivity index (χ3v) is 7.38. The number of benzene rings is 1. The van der Waals surface area contributed by atoms with E-state index in [4.69, 9.17) is 21.3 Å². The molecule has 0 unspecified atom stereocenters. The molecule has 0 bridgehead atoms. The minimum atomic E-state index is -0.381. The number of carbonyl (C=O) groups excluding carboxylic acids is 1. The lowest BCUT2D eigenvalue weighted by molar-refractivity contribution is -0.131. The van der Waals surface area contributed by atoms with E-state index in [1.165, 1.54) is 12.4 Å². The standard InChI is InChI=1S/C29H28ClN9O2/c1-5-25(40)39-11-10-38(15-29(39,2)3)24-9-7-21-26(36-24)27(33-16-32-21)35-18-6-8-23(20(30)12-18)41-19-13-22-28(31-14-19)37(4)17-34-22/h5-9,12-14,16-17H,1,10-11,15H2,2-4H3,(H,32,33,35). The van der Waals surface area contributed by atoms with Gasteiger partial charge in [0.25, 0.3) is 0 Å². The molecule has 1 amide bonds. The van der Waals surface area contributed by atoms with Crippen molar-refractivity contribution >= 4 is 57.0 Å². The van der Waals surface area contributed by atoms with Gasteiger partial charge in [0.05, 0.1) is 28.6 Å². The van der Waals surface area contributed by atoms with E-state index in [0.717, 1.165) is 17.0 Å². The molecule has 1 N–H and O–H groups in total. The summed E-state index contributed by atoms with van der Waals surface area (Å²) in [7, 11) is 1.89. The van der Waals surface area contributed by atoms with E-state index in [0.29, 0.717) is 58.7 Å². The number of halogens is 1. The summed E-state index contributed by atoms with van der Waals surface area (Å²) in [5, 5.41) is 3.73. The van der Waals surface area contributed by atoms with Crippen molar-refractivity contribution in [3.05, 3.63) is 72.9 Å². The van der Waals surface area contributed by atoms with Crippen molar-refractivity contribution in [3.8, 4) is 11.5 Å². The number of aryl methyl sites for hydroxylation is 1. The first-order chi connectivity index (χ1) is 19.7. The predicted molar refractivity (Wildman–Crippen MR) is 159 cm³/mol. The number of imidazole rings is 1. The van der Waals surface area contributed by atoms with Crippen LogP contribution < -0.4 is 15.0 Å². The van der Waals surface area contributed by atoms with Crippen molar-refractivity contribution in [2.45, 2.75) is 19.4 Å². The molecular formula is C29H28ClN9O2. The van der Waals surface area contributed by atoms with Crippen molar-refractivity contribution in [2.24, 2.45) is 7.05 Å². The third kappa shape index (κ3) is 5.11. The Labute approximate surface area is 241 Å². The summed E-state index contributed by atoms with van der Waals surface area (Å²) in [6.07, 6.45) is 6.20. The number of carbonyl (C=O) groups is 1. The van der Waals surface area contributed by atoms with Gasteiger partial charge in [0, 0.05) is 38.4 Å². The fourth-order valence-corrected chi connectivity index (χ4v) is 5.26. The fraction of sp³-hybridized carbons (Fsp3) is 0.241. The second kappa shape index (κ2) is 10.3. The molecule has 0 aliphatic carbocycles. The number of hydrogen-bond acceptors (Lipinski definition) is 9. The second-order valence-corrected chi connectivity index (χ2v) is 10.8. The summed E-state index contributed by atoms with van der Waals surface area (Å²) in [4.78, 5) is 38.8. The Kier molecular flexibility index (Phi) is 6.66.